The molecule has 0 radical (unpaired) electrons. The minimum atomic E-state index is -0.949. The molecule has 1 heterocycles. The van der Waals surface area contributed by atoms with Crippen molar-refractivity contribution in [3.05, 3.63) is 22.1 Å². The predicted octanol–water partition coefficient (Wildman–Crippen LogP) is 0.00812. The molecule has 0 aliphatic carbocycles. The van der Waals surface area contributed by atoms with Crippen molar-refractivity contribution in [2.45, 2.75) is 32.7 Å². The van der Waals surface area contributed by atoms with E-state index in [1.807, 2.05) is 5.32 Å². The van der Waals surface area contributed by atoms with Gasteiger partial charge in [0.15, 0.2) is 5.82 Å². The number of nitrogens with one attached hydrogen (secondary N) is 1. The number of ether oxygens (including phenoxy) is 1. The molecule has 1 rings (SSSR count). The Morgan fingerprint density at radius 3 is 2.74 bits per heavy atom. The molecule has 3 N–H and O–H groups in total. The number of rotatable bonds is 8. The lowest BCUT2D eigenvalue weighted by Gasteiger charge is -2.05. The number of amides is 3. The molecule has 126 valence electrons. The van der Waals surface area contributed by atoms with Crippen molar-refractivity contribution in [3.63, 3.8) is 0 Å². The van der Waals surface area contributed by atoms with E-state index in [4.69, 9.17) is 10.5 Å². The average Bonchev–Trinajstić information content (AvgIpc) is 2.79. The molecule has 11 nitrogen and oxygen atoms in total. The van der Waals surface area contributed by atoms with E-state index in [0.717, 1.165) is 6.20 Å². The lowest BCUT2D eigenvalue weighted by atomic mass is 10.2. The quantitative estimate of drug-likeness (QED) is 0.386. The van der Waals surface area contributed by atoms with Crippen molar-refractivity contribution < 1.29 is 24.0 Å². The monoisotopic (exact) mass is 327 g/mol. The number of hydrogen-bond acceptors (Lipinski definition) is 7. The highest BCUT2D eigenvalue weighted by molar-refractivity contribution is 5.93. The van der Waals surface area contributed by atoms with Crippen LogP contribution in [-0.4, -0.2) is 39.0 Å². The van der Waals surface area contributed by atoms with Crippen LogP contribution in [0.15, 0.2) is 6.20 Å². The van der Waals surface area contributed by atoms with Crippen molar-refractivity contribution in [2.75, 3.05) is 6.61 Å². The first kappa shape index (κ1) is 18.1. The van der Waals surface area contributed by atoms with Crippen LogP contribution in [0.25, 0.3) is 0 Å². The van der Waals surface area contributed by atoms with Gasteiger partial charge >= 0.3 is 17.8 Å². The molecule has 0 fully saturated rings. The summed E-state index contributed by atoms with van der Waals surface area (Å²) in [6.07, 6.45) is 1.28. The molecule has 0 atom stereocenters. The highest BCUT2D eigenvalue weighted by Gasteiger charge is 2.17. The van der Waals surface area contributed by atoms with E-state index < -0.39 is 22.8 Å². The topological polar surface area (TPSA) is 159 Å². The zero-order chi connectivity index (χ0) is 17.4. The van der Waals surface area contributed by atoms with Crippen molar-refractivity contribution in [2.24, 2.45) is 5.73 Å². The van der Waals surface area contributed by atoms with Crippen LogP contribution in [0.5, 0.6) is 0 Å². The number of nitrogens with two attached hydrogens (primary N) is 1. The largest absolute Gasteiger partial charge is 0.461 e. The van der Waals surface area contributed by atoms with Gasteiger partial charge in [0.2, 0.25) is 5.91 Å². The smallest absolute Gasteiger partial charge is 0.342 e. The summed E-state index contributed by atoms with van der Waals surface area (Å²) in [6, 6.07) is -0.949. The molecule has 11 heteroatoms. The second kappa shape index (κ2) is 8.46. The van der Waals surface area contributed by atoms with E-state index in [2.05, 4.69) is 4.98 Å². The first-order chi connectivity index (χ1) is 10.8. The Kier molecular flexibility index (Phi) is 6.65. The van der Waals surface area contributed by atoms with Crippen molar-refractivity contribution in [3.8, 4) is 0 Å². The molecule has 0 aliphatic heterocycles. The van der Waals surface area contributed by atoms with Crippen LogP contribution in [-0.2, 0) is 20.9 Å². The van der Waals surface area contributed by atoms with Gasteiger partial charge in [-0.15, -0.1) is 0 Å². The zero-order valence-corrected chi connectivity index (χ0v) is 12.5. The van der Waals surface area contributed by atoms with Crippen molar-refractivity contribution in [1.82, 2.24) is 14.9 Å². The minimum absolute atomic E-state index is 0.0167. The Morgan fingerprint density at radius 1 is 1.43 bits per heavy atom. The van der Waals surface area contributed by atoms with Gasteiger partial charge in [0.25, 0.3) is 0 Å². The fourth-order valence-corrected chi connectivity index (χ4v) is 1.79. The number of aryl methyl sites for hydroxylation is 1. The zero-order valence-electron chi connectivity index (χ0n) is 12.5. The summed E-state index contributed by atoms with van der Waals surface area (Å²) in [5, 5.41) is 12.7. The van der Waals surface area contributed by atoms with E-state index in [-0.39, 0.29) is 38.2 Å². The number of urea groups is 1. The number of esters is 1. The average molecular weight is 327 g/mol. The number of hydrogen-bond donors (Lipinski definition) is 2. The Hall–Kier alpha value is -2.98. The van der Waals surface area contributed by atoms with E-state index in [9.17, 15) is 24.5 Å². The number of imidazole rings is 1. The molecule has 1 aromatic rings. The molecule has 0 bridgehead atoms. The number of carbonyl (C=O) groups excluding carboxylic acids is 3. The molecule has 0 aromatic carbocycles. The van der Waals surface area contributed by atoms with Crippen LogP contribution in [0.1, 0.15) is 25.1 Å². The molecule has 0 aliphatic rings. The van der Waals surface area contributed by atoms with Gasteiger partial charge in [-0.2, -0.15) is 0 Å². The number of carbonyl (C=O) groups is 3. The highest BCUT2D eigenvalue weighted by atomic mass is 16.6. The Labute approximate surface area is 130 Å². The maximum Gasteiger partial charge on any atom is 0.342 e. The third-order valence-electron chi connectivity index (χ3n) is 2.85. The minimum Gasteiger partial charge on any atom is -0.461 e. The predicted molar refractivity (Wildman–Crippen MR) is 76.2 cm³/mol. The summed E-state index contributed by atoms with van der Waals surface area (Å²) in [6.45, 7) is 1.66. The van der Waals surface area contributed by atoms with Gasteiger partial charge in [-0.1, -0.05) is 0 Å². The van der Waals surface area contributed by atoms with Crippen LogP contribution in [0.2, 0.25) is 0 Å². The molecular formula is C12H17N5O6. The first-order valence-corrected chi connectivity index (χ1v) is 6.72. The fraction of sp³-hybridized carbons (Fsp3) is 0.500. The highest BCUT2D eigenvalue weighted by Crippen LogP contribution is 2.13. The van der Waals surface area contributed by atoms with Crippen LogP contribution < -0.4 is 11.1 Å². The molecule has 0 saturated heterocycles. The molecular weight excluding hydrogens is 310 g/mol. The number of imide groups is 1. The Morgan fingerprint density at radius 2 is 2.13 bits per heavy atom. The molecule has 3 amide bonds. The number of nitro groups is 1. The summed E-state index contributed by atoms with van der Waals surface area (Å²) in [5.74, 6) is -0.857. The normalized spacial score (nSPS) is 10.1. The fourth-order valence-electron chi connectivity index (χ4n) is 1.79. The molecule has 1 aromatic heterocycles. The molecule has 0 saturated carbocycles. The van der Waals surface area contributed by atoms with Gasteiger partial charge in [0.05, 0.1) is 0 Å². The van der Waals surface area contributed by atoms with Gasteiger partial charge in [0, 0.05) is 19.8 Å². The van der Waals surface area contributed by atoms with Crippen LogP contribution >= 0.6 is 0 Å². The molecule has 23 heavy (non-hydrogen) atoms. The summed E-state index contributed by atoms with van der Waals surface area (Å²) >= 11 is 0. The number of primary amides is 1. The Balaban J connectivity index is 2.30. The van der Waals surface area contributed by atoms with E-state index in [0.29, 0.717) is 5.82 Å². The van der Waals surface area contributed by atoms with Gasteiger partial charge in [-0.3, -0.25) is 14.9 Å². The lowest BCUT2D eigenvalue weighted by molar-refractivity contribution is -0.392. The van der Waals surface area contributed by atoms with Crippen molar-refractivity contribution in [1.29, 1.82) is 0 Å². The van der Waals surface area contributed by atoms with E-state index >= 15 is 0 Å². The van der Waals surface area contributed by atoms with Gasteiger partial charge in [-0.25, -0.2) is 14.3 Å². The van der Waals surface area contributed by atoms with Crippen LogP contribution in [0.3, 0.4) is 0 Å². The standard InChI is InChI=1S/C12H17N5O6/c1-8-14-7-10(17(21)22)16(8)5-6-23-11(19)4-2-3-9(18)15-12(13)20/h7H,2-6H2,1H3,(H3,13,15,18,20). The van der Waals surface area contributed by atoms with Gasteiger partial charge in [-0.05, 0) is 11.3 Å². The summed E-state index contributed by atoms with van der Waals surface area (Å²) in [4.78, 5) is 47.0. The molecule has 0 unspecified atom stereocenters. The van der Waals surface area contributed by atoms with Crippen LogP contribution in [0, 0.1) is 17.0 Å². The third kappa shape index (κ3) is 6.11. The second-order valence-electron chi connectivity index (χ2n) is 4.56. The maximum absolute atomic E-state index is 11.5. The lowest BCUT2D eigenvalue weighted by Crippen LogP contribution is -2.34. The first-order valence-electron chi connectivity index (χ1n) is 6.72. The van der Waals surface area contributed by atoms with Gasteiger partial charge in [0.1, 0.15) is 19.3 Å². The summed E-state index contributed by atoms with van der Waals surface area (Å²) < 4.78 is 6.26. The second-order valence-corrected chi connectivity index (χ2v) is 4.56. The number of aromatic nitrogens is 2. The third-order valence-corrected chi connectivity index (χ3v) is 2.85. The Bertz CT molecular complexity index is 611. The van der Waals surface area contributed by atoms with Crippen molar-refractivity contribution >= 4 is 23.7 Å². The van der Waals surface area contributed by atoms with Gasteiger partial charge < -0.3 is 20.6 Å². The van der Waals surface area contributed by atoms with Crippen LogP contribution in [0.4, 0.5) is 10.6 Å². The number of nitrogens with zero attached hydrogens (tertiary/aromatic N) is 3. The van der Waals surface area contributed by atoms with E-state index in [1.165, 1.54) is 4.57 Å². The summed E-state index contributed by atoms with van der Waals surface area (Å²) in [7, 11) is 0. The van der Waals surface area contributed by atoms with E-state index in [1.54, 1.807) is 6.92 Å². The summed E-state index contributed by atoms with van der Waals surface area (Å²) in [5.41, 5.74) is 4.76. The SMILES string of the molecule is Cc1ncc([N+](=O)[O-])n1CCOC(=O)CCCC(=O)NC(N)=O. The maximum atomic E-state index is 11.5. The molecule has 0 spiro atoms.